The number of fused-ring (bicyclic) bond motifs is 1. The van der Waals surface area contributed by atoms with E-state index in [0.29, 0.717) is 37.1 Å². The molecule has 0 aliphatic heterocycles. The van der Waals surface area contributed by atoms with Crippen molar-refractivity contribution in [2.75, 3.05) is 6.61 Å². The number of pyridine rings is 1. The fraction of sp³-hybridized carbons (Fsp3) is 0.538. The summed E-state index contributed by atoms with van der Waals surface area (Å²) in [5, 5.41) is 0. The fourth-order valence-electron chi connectivity index (χ4n) is 2.23. The van der Waals surface area contributed by atoms with Gasteiger partial charge in [-0.05, 0) is 37.8 Å². The number of rotatable bonds is 2. The quantitative estimate of drug-likeness (QED) is 0.778. The standard InChI is InChI=1S/C13H14F3NO2/c1-2-19-12(18)9-3-5-10-8(7-9)4-6-11(17-10)13(14,15)16/h4,6,9H,2-3,5,7H2,1H3. The maximum atomic E-state index is 12.5. The first-order valence-corrected chi connectivity index (χ1v) is 6.14. The second-order valence-corrected chi connectivity index (χ2v) is 4.49. The lowest BCUT2D eigenvalue weighted by molar-refractivity contribution is -0.148. The molecule has 0 saturated carbocycles. The third kappa shape index (κ3) is 3.05. The molecule has 0 aromatic carbocycles. The summed E-state index contributed by atoms with van der Waals surface area (Å²) in [6, 6.07) is 2.38. The molecule has 1 aliphatic carbocycles. The van der Waals surface area contributed by atoms with Crippen LogP contribution < -0.4 is 0 Å². The first-order valence-electron chi connectivity index (χ1n) is 6.14. The van der Waals surface area contributed by atoms with Gasteiger partial charge in [-0.2, -0.15) is 13.2 Å². The third-order valence-electron chi connectivity index (χ3n) is 3.17. The van der Waals surface area contributed by atoms with E-state index in [2.05, 4.69) is 4.98 Å². The molecule has 104 valence electrons. The minimum atomic E-state index is -4.42. The number of esters is 1. The number of ether oxygens (including phenoxy) is 1. The largest absolute Gasteiger partial charge is 0.466 e. The van der Waals surface area contributed by atoms with Gasteiger partial charge in [-0.3, -0.25) is 4.79 Å². The Balaban J connectivity index is 2.17. The van der Waals surface area contributed by atoms with E-state index in [1.54, 1.807) is 6.92 Å². The van der Waals surface area contributed by atoms with Gasteiger partial charge < -0.3 is 4.74 Å². The number of carbonyl (C=O) groups is 1. The van der Waals surface area contributed by atoms with Crippen LogP contribution in [0.4, 0.5) is 13.2 Å². The van der Waals surface area contributed by atoms with E-state index in [1.165, 1.54) is 6.07 Å². The predicted octanol–water partition coefficient (Wildman–Crippen LogP) is 2.77. The molecule has 1 heterocycles. The average molecular weight is 273 g/mol. The Labute approximate surface area is 108 Å². The molecular formula is C13H14F3NO2. The Morgan fingerprint density at radius 3 is 2.84 bits per heavy atom. The van der Waals surface area contributed by atoms with Crippen molar-refractivity contribution in [3.63, 3.8) is 0 Å². The third-order valence-corrected chi connectivity index (χ3v) is 3.17. The molecule has 0 amide bonds. The summed E-state index contributed by atoms with van der Waals surface area (Å²) in [4.78, 5) is 15.3. The lowest BCUT2D eigenvalue weighted by Gasteiger charge is -2.23. The molecule has 1 atom stereocenters. The predicted molar refractivity (Wildman–Crippen MR) is 61.4 cm³/mol. The van der Waals surface area contributed by atoms with Crippen molar-refractivity contribution in [2.45, 2.75) is 32.4 Å². The van der Waals surface area contributed by atoms with Gasteiger partial charge in [0.1, 0.15) is 5.69 Å². The van der Waals surface area contributed by atoms with E-state index >= 15 is 0 Å². The van der Waals surface area contributed by atoms with E-state index in [9.17, 15) is 18.0 Å². The van der Waals surface area contributed by atoms with E-state index in [4.69, 9.17) is 4.74 Å². The number of hydrogen-bond donors (Lipinski definition) is 0. The van der Waals surface area contributed by atoms with Gasteiger partial charge in [-0.25, -0.2) is 4.98 Å². The Hall–Kier alpha value is -1.59. The molecule has 1 unspecified atom stereocenters. The maximum Gasteiger partial charge on any atom is 0.433 e. The van der Waals surface area contributed by atoms with E-state index in [0.717, 1.165) is 6.07 Å². The SMILES string of the molecule is CCOC(=O)C1CCc2nc(C(F)(F)F)ccc2C1. The van der Waals surface area contributed by atoms with Crippen molar-refractivity contribution in [2.24, 2.45) is 5.92 Å². The lowest BCUT2D eigenvalue weighted by atomic mass is 9.86. The van der Waals surface area contributed by atoms with Crippen LogP contribution in [0.25, 0.3) is 0 Å². The van der Waals surface area contributed by atoms with Crippen molar-refractivity contribution < 1.29 is 22.7 Å². The molecule has 0 spiro atoms. The number of carbonyl (C=O) groups excluding carboxylic acids is 1. The number of nitrogens with zero attached hydrogens (tertiary/aromatic N) is 1. The number of alkyl halides is 3. The average Bonchev–Trinajstić information content (AvgIpc) is 2.36. The van der Waals surface area contributed by atoms with Crippen LogP contribution in [-0.2, 0) is 28.5 Å². The van der Waals surface area contributed by atoms with E-state index in [-0.39, 0.29) is 11.9 Å². The Morgan fingerprint density at radius 2 is 2.21 bits per heavy atom. The van der Waals surface area contributed by atoms with Gasteiger partial charge in [0, 0.05) is 5.69 Å². The lowest BCUT2D eigenvalue weighted by Crippen LogP contribution is -2.26. The second kappa shape index (κ2) is 5.19. The highest BCUT2D eigenvalue weighted by molar-refractivity contribution is 5.73. The van der Waals surface area contributed by atoms with Crippen LogP contribution in [0.2, 0.25) is 0 Å². The minimum absolute atomic E-state index is 0.272. The molecule has 0 N–H and O–H groups in total. The number of hydrogen-bond acceptors (Lipinski definition) is 3. The van der Waals surface area contributed by atoms with Crippen molar-refractivity contribution in [3.05, 3.63) is 29.1 Å². The summed E-state index contributed by atoms with van der Waals surface area (Å²) in [5.41, 5.74) is 0.272. The zero-order valence-electron chi connectivity index (χ0n) is 10.5. The van der Waals surface area contributed by atoms with Crippen LogP contribution in [-0.4, -0.2) is 17.6 Å². The van der Waals surface area contributed by atoms with Gasteiger partial charge in [0.25, 0.3) is 0 Å². The summed E-state index contributed by atoms with van der Waals surface area (Å²) in [6.45, 7) is 2.04. The summed E-state index contributed by atoms with van der Waals surface area (Å²) < 4.78 is 42.5. The van der Waals surface area contributed by atoms with Gasteiger partial charge in [-0.1, -0.05) is 6.07 Å². The number of aryl methyl sites for hydroxylation is 1. The van der Waals surface area contributed by atoms with Crippen LogP contribution >= 0.6 is 0 Å². The topological polar surface area (TPSA) is 39.2 Å². The Bertz CT molecular complexity index is 485. The van der Waals surface area contributed by atoms with Crippen LogP contribution in [0, 0.1) is 5.92 Å². The molecule has 3 nitrogen and oxygen atoms in total. The highest BCUT2D eigenvalue weighted by Crippen LogP contribution is 2.31. The summed E-state index contributed by atoms with van der Waals surface area (Å²) in [6.07, 6.45) is -3.16. The molecule has 0 bridgehead atoms. The summed E-state index contributed by atoms with van der Waals surface area (Å²) >= 11 is 0. The minimum Gasteiger partial charge on any atom is -0.466 e. The molecule has 2 rings (SSSR count). The molecule has 0 radical (unpaired) electrons. The molecule has 6 heteroatoms. The molecular weight excluding hydrogens is 259 g/mol. The fourth-order valence-corrected chi connectivity index (χ4v) is 2.23. The van der Waals surface area contributed by atoms with Crippen molar-refractivity contribution >= 4 is 5.97 Å². The van der Waals surface area contributed by atoms with Gasteiger partial charge in [0.15, 0.2) is 0 Å². The van der Waals surface area contributed by atoms with E-state index < -0.39 is 11.9 Å². The second-order valence-electron chi connectivity index (χ2n) is 4.49. The number of aromatic nitrogens is 1. The van der Waals surface area contributed by atoms with Crippen LogP contribution in [0.15, 0.2) is 12.1 Å². The van der Waals surface area contributed by atoms with Crippen LogP contribution in [0.5, 0.6) is 0 Å². The normalized spacial score (nSPS) is 18.8. The Morgan fingerprint density at radius 1 is 1.47 bits per heavy atom. The molecule has 0 fully saturated rings. The van der Waals surface area contributed by atoms with Crippen molar-refractivity contribution in [1.82, 2.24) is 4.98 Å². The molecule has 1 aromatic rings. The van der Waals surface area contributed by atoms with Crippen LogP contribution in [0.1, 0.15) is 30.3 Å². The van der Waals surface area contributed by atoms with Crippen molar-refractivity contribution in [3.8, 4) is 0 Å². The van der Waals surface area contributed by atoms with Crippen molar-refractivity contribution in [1.29, 1.82) is 0 Å². The maximum absolute atomic E-state index is 12.5. The smallest absolute Gasteiger partial charge is 0.433 e. The van der Waals surface area contributed by atoms with Gasteiger partial charge >= 0.3 is 12.1 Å². The molecule has 1 aromatic heterocycles. The zero-order chi connectivity index (χ0) is 14.0. The van der Waals surface area contributed by atoms with Crippen LogP contribution in [0.3, 0.4) is 0 Å². The van der Waals surface area contributed by atoms with Gasteiger partial charge in [0.05, 0.1) is 12.5 Å². The molecule has 19 heavy (non-hydrogen) atoms. The monoisotopic (exact) mass is 273 g/mol. The number of halogens is 3. The highest BCUT2D eigenvalue weighted by atomic mass is 19.4. The molecule has 1 aliphatic rings. The Kier molecular flexibility index (Phi) is 3.78. The van der Waals surface area contributed by atoms with E-state index in [1.807, 2.05) is 0 Å². The highest BCUT2D eigenvalue weighted by Gasteiger charge is 2.34. The summed E-state index contributed by atoms with van der Waals surface area (Å²) in [5.74, 6) is -0.556. The zero-order valence-corrected chi connectivity index (χ0v) is 10.5. The van der Waals surface area contributed by atoms with Gasteiger partial charge in [-0.15, -0.1) is 0 Å². The first-order chi connectivity index (χ1) is 8.91. The molecule has 0 saturated heterocycles. The first kappa shape index (κ1) is 13.8. The van der Waals surface area contributed by atoms with Gasteiger partial charge in [0.2, 0.25) is 0 Å². The summed E-state index contributed by atoms with van der Waals surface area (Å²) in [7, 11) is 0.